The van der Waals surface area contributed by atoms with Crippen LogP contribution in [0, 0.1) is 0 Å². The molecule has 0 bridgehead atoms. The first-order valence-corrected chi connectivity index (χ1v) is 6.21. The number of methoxy groups -OCH3 is 1. The van der Waals surface area contributed by atoms with Crippen molar-refractivity contribution in [3.05, 3.63) is 54.1 Å². The molecule has 104 valence electrons. The molecule has 2 amide bonds. The summed E-state index contributed by atoms with van der Waals surface area (Å²) in [5.74, 6) is 0.620. The molecule has 0 aliphatic carbocycles. The van der Waals surface area contributed by atoms with Gasteiger partial charge >= 0.3 is 6.03 Å². The summed E-state index contributed by atoms with van der Waals surface area (Å²) in [5.41, 5.74) is 7.91. The van der Waals surface area contributed by atoms with E-state index in [1.54, 1.807) is 31.4 Å². The smallest absolute Gasteiger partial charge is 0.319 e. The first-order valence-electron chi connectivity index (χ1n) is 6.21. The molecule has 5 nitrogen and oxygen atoms in total. The average Bonchev–Trinajstić information content (AvgIpc) is 2.47. The third-order valence-electron chi connectivity index (χ3n) is 2.79. The molecule has 5 heteroatoms. The third-order valence-corrected chi connectivity index (χ3v) is 2.79. The fourth-order valence-electron chi connectivity index (χ4n) is 1.73. The van der Waals surface area contributed by atoms with E-state index in [0.29, 0.717) is 23.7 Å². The van der Waals surface area contributed by atoms with E-state index in [4.69, 9.17) is 10.5 Å². The molecule has 0 fully saturated rings. The molecule has 0 aliphatic rings. The minimum absolute atomic E-state index is 0.286. The highest BCUT2D eigenvalue weighted by atomic mass is 16.5. The SMILES string of the molecule is COc1ccccc1NC(=O)NCc1ccc(N)cc1. The van der Waals surface area contributed by atoms with Crippen LogP contribution < -0.4 is 21.1 Å². The Balaban J connectivity index is 1.91. The molecule has 0 saturated heterocycles. The van der Waals surface area contributed by atoms with Crippen LogP contribution in [0.15, 0.2) is 48.5 Å². The van der Waals surface area contributed by atoms with Crippen molar-refractivity contribution in [2.45, 2.75) is 6.54 Å². The van der Waals surface area contributed by atoms with Gasteiger partial charge in [0.2, 0.25) is 0 Å². The monoisotopic (exact) mass is 271 g/mol. The number of hydrogen-bond donors (Lipinski definition) is 3. The number of nitrogens with one attached hydrogen (secondary N) is 2. The van der Waals surface area contributed by atoms with E-state index < -0.39 is 0 Å². The normalized spacial score (nSPS) is 9.85. The fourth-order valence-corrected chi connectivity index (χ4v) is 1.73. The number of hydrogen-bond acceptors (Lipinski definition) is 3. The Morgan fingerprint density at radius 3 is 2.55 bits per heavy atom. The van der Waals surface area contributed by atoms with Crippen molar-refractivity contribution < 1.29 is 9.53 Å². The molecular weight excluding hydrogens is 254 g/mol. The van der Waals surface area contributed by atoms with Crippen molar-refractivity contribution in [1.29, 1.82) is 0 Å². The zero-order valence-electron chi connectivity index (χ0n) is 11.2. The molecule has 0 aliphatic heterocycles. The van der Waals surface area contributed by atoms with Crippen LogP contribution in [0.3, 0.4) is 0 Å². The third kappa shape index (κ3) is 3.65. The fraction of sp³-hybridized carbons (Fsp3) is 0.133. The van der Waals surface area contributed by atoms with Gasteiger partial charge in [0.1, 0.15) is 5.75 Å². The van der Waals surface area contributed by atoms with Crippen LogP contribution in [-0.4, -0.2) is 13.1 Å². The van der Waals surface area contributed by atoms with E-state index in [2.05, 4.69) is 10.6 Å². The summed E-state index contributed by atoms with van der Waals surface area (Å²) in [6.45, 7) is 0.432. The number of ether oxygens (including phenoxy) is 1. The van der Waals surface area contributed by atoms with Crippen LogP contribution in [0.1, 0.15) is 5.56 Å². The molecule has 0 unspecified atom stereocenters. The second-order valence-corrected chi connectivity index (χ2v) is 4.25. The number of carbonyl (C=O) groups excluding carboxylic acids is 1. The lowest BCUT2D eigenvalue weighted by Crippen LogP contribution is -2.28. The van der Waals surface area contributed by atoms with Crippen molar-refractivity contribution in [3.8, 4) is 5.75 Å². The van der Waals surface area contributed by atoms with E-state index in [1.807, 2.05) is 24.3 Å². The highest BCUT2D eigenvalue weighted by Crippen LogP contribution is 2.22. The van der Waals surface area contributed by atoms with Crippen LogP contribution in [-0.2, 0) is 6.54 Å². The number of benzene rings is 2. The maximum atomic E-state index is 11.8. The van der Waals surface area contributed by atoms with Crippen LogP contribution >= 0.6 is 0 Å². The lowest BCUT2D eigenvalue weighted by molar-refractivity contribution is 0.251. The number of anilines is 2. The van der Waals surface area contributed by atoms with Gasteiger partial charge < -0.3 is 21.1 Å². The van der Waals surface area contributed by atoms with E-state index >= 15 is 0 Å². The summed E-state index contributed by atoms with van der Waals surface area (Å²) in [6, 6.07) is 14.3. The zero-order chi connectivity index (χ0) is 14.4. The van der Waals surface area contributed by atoms with Crippen molar-refractivity contribution >= 4 is 17.4 Å². The van der Waals surface area contributed by atoms with Gasteiger partial charge in [0, 0.05) is 12.2 Å². The number of urea groups is 1. The Bertz CT molecular complexity index is 582. The predicted molar refractivity (Wildman–Crippen MR) is 79.7 cm³/mol. The van der Waals surface area contributed by atoms with Gasteiger partial charge in [0.05, 0.1) is 12.8 Å². The molecule has 2 aromatic rings. The van der Waals surface area contributed by atoms with E-state index in [9.17, 15) is 4.79 Å². The second kappa shape index (κ2) is 6.47. The molecule has 4 N–H and O–H groups in total. The van der Waals surface area contributed by atoms with Crippen molar-refractivity contribution in [1.82, 2.24) is 5.32 Å². The largest absolute Gasteiger partial charge is 0.495 e. The van der Waals surface area contributed by atoms with Gasteiger partial charge in [-0.2, -0.15) is 0 Å². The molecule has 0 spiro atoms. The maximum absolute atomic E-state index is 11.8. The highest BCUT2D eigenvalue weighted by molar-refractivity contribution is 5.90. The molecule has 20 heavy (non-hydrogen) atoms. The Kier molecular flexibility index (Phi) is 4.44. The minimum Gasteiger partial charge on any atom is -0.495 e. The maximum Gasteiger partial charge on any atom is 0.319 e. The van der Waals surface area contributed by atoms with E-state index in [-0.39, 0.29) is 6.03 Å². The van der Waals surface area contributed by atoms with Crippen molar-refractivity contribution in [2.24, 2.45) is 0 Å². The molecular formula is C15H17N3O2. The lowest BCUT2D eigenvalue weighted by Gasteiger charge is -2.11. The van der Waals surface area contributed by atoms with Crippen molar-refractivity contribution in [3.63, 3.8) is 0 Å². The Hall–Kier alpha value is -2.69. The number of nitrogen functional groups attached to an aromatic ring is 1. The molecule has 0 aromatic heterocycles. The molecule has 2 aromatic carbocycles. The summed E-state index contributed by atoms with van der Waals surface area (Å²) in [7, 11) is 1.56. The Morgan fingerprint density at radius 1 is 1.15 bits per heavy atom. The van der Waals surface area contributed by atoms with Gasteiger partial charge in [0.25, 0.3) is 0 Å². The minimum atomic E-state index is -0.286. The first-order chi connectivity index (χ1) is 9.69. The van der Waals surface area contributed by atoms with Crippen LogP contribution in [0.4, 0.5) is 16.2 Å². The quantitative estimate of drug-likeness (QED) is 0.748. The summed E-state index contributed by atoms with van der Waals surface area (Å²) in [4.78, 5) is 11.8. The Labute approximate surface area is 117 Å². The molecule has 0 atom stereocenters. The summed E-state index contributed by atoms with van der Waals surface area (Å²) in [5, 5.41) is 5.52. The standard InChI is InChI=1S/C15H17N3O2/c1-20-14-5-3-2-4-13(14)18-15(19)17-10-11-6-8-12(16)9-7-11/h2-9H,10,16H2,1H3,(H2,17,18,19). The van der Waals surface area contributed by atoms with E-state index in [0.717, 1.165) is 5.56 Å². The van der Waals surface area contributed by atoms with Crippen LogP contribution in [0.5, 0.6) is 5.75 Å². The highest BCUT2D eigenvalue weighted by Gasteiger charge is 2.05. The van der Waals surface area contributed by atoms with Gasteiger partial charge in [0.15, 0.2) is 0 Å². The molecule has 2 rings (SSSR count). The molecule has 0 saturated carbocycles. The van der Waals surface area contributed by atoms with Crippen LogP contribution in [0.25, 0.3) is 0 Å². The number of nitrogens with two attached hydrogens (primary N) is 1. The summed E-state index contributed by atoms with van der Waals surface area (Å²) in [6.07, 6.45) is 0. The molecule has 0 heterocycles. The molecule has 0 radical (unpaired) electrons. The summed E-state index contributed by atoms with van der Waals surface area (Å²) >= 11 is 0. The summed E-state index contributed by atoms with van der Waals surface area (Å²) < 4.78 is 5.17. The average molecular weight is 271 g/mol. The number of carbonyl (C=O) groups is 1. The van der Waals surface area contributed by atoms with Gasteiger partial charge in [-0.1, -0.05) is 24.3 Å². The topological polar surface area (TPSA) is 76.4 Å². The lowest BCUT2D eigenvalue weighted by atomic mass is 10.2. The zero-order valence-corrected chi connectivity index (χ0v) is 11.2. The predicted octanol–water partition coefficient (Wildman–Crippen LogP) is 2.60. The van der Waals surface area contributed by atoms with Gasteiger partial charge in [-0.25, -0.2) is 4.79 Å². The van der Waals surface area contributed by atoms with E-state index in [1.165, 1.54) is 0 Å². The van der Waals surface area contributed by atoms with Gasteiger partial charge in [-0.05, 0) is 29.8 Å². The second-order valence-electron chi connectivity index (χ2n) is 4.25. The first kappa shape index (κ1) is 13.7. The number of para-hydroxylation sites is 2. The van der Waals surface area contributed by atoms with Gasteiger partial charge in [-0.15, -0.1) is 0 Å². The van der Waals surface area contributed by atoms with Gasteiger partial charge in [-0.3, -0.25) is 0 Å². The number of rotatable bonds is 4. The Morgan fingerprint density at radius 2 is 1.85 bits per heavy atom. The van der Waals surface area contributed by atoms with Crippen molar-refractivity contribution in [2.75, 3.05) is 18.2 Å². The number of amides is 2. The van der Waals surface area contributed by atoms with Crippen LogP contribution in [0.2, 0.25) is 0 Å².